The van der Waals surface area contributed by atoms with Gasteiger partial charge in [-0.05, 0) is 32.4 Å². The zero-order valence-corrected chi connectivity index (χ0v) is 10.7. The number of nitrogens with zero attached hydrogens (tertiary/aromatic N) is 1. The third-order valence-electron chi connectivity index (χ3n) is 3.35. The van der Waals surface area contributed by atoms with Gasteiger partial charge in [0.1, 0.15) is 0 Å². The van der Waals surface area contributed by atoms with Crippen molar-refractivity contribution in [3.63, 3.8) is 0 Å². The smallest absolute Gasteiger partial charge is 0.309 e. The molecule has 0 aliphatic carbocycles. The molecule has 1 unspecified atom stereocenters. The Labute approximate surface area is 99.1 Å². The van der Waals surface area contributed by atoms with Crippen molar-refractivity contribution in [3.05, 3.63) is 0 Å². The van der Waals surface area contributed by atoms with Crippen LogP contribution in [0.25, 0.3) is 0 Å². The number of hydrogen-bond acceptors (Lipinski definition) is 3. The summed E-state index contributed by atoms with van der Waals surface area (Å²) in [5.74, 6) is 0.0409. The molecule has 1 aliphatic rings. The van der Waals surface area contributed by atoms with Crippen molar-refractivity contribution in [2.45, 2.75) is 45.4 Å². The summed E-state index contributed by atoms with van der Waals surface area (Å²) in [7, 11) is 1.49. The molecule has 3 heteroatoms. The van der Waals surface area contributed by atoms with Crippen LogP contribution in [0.3, 0.4) is 0 Å². The Morgan fingerprint density at radius 2 is 1.88 bits per heavy atom. The summed E-state index contributed by atoms with van der Waals surface area (Å²) in [4.78, 5) is 14.0. The standard InChI is InChI=1S/C13H25NO2/c1-3-8-12(13(15)16-2)11-14-9-6-4-5-7-10-14/h12H,3-11H2,1-2H3. The van der Waals surface area contributed by atoms with Gasteiger partial charge in [0, 0.05) is 6.54 Å². The largest absolute Gasteiger partial charge is 0.469 e. The van der Waals surface area contributed by atoms with Crippen LogP contribution in [0, 0.1) is 5.92 Å². The maximum Gasteiger partial charge on any atom is 0.309 e. The SMILES string of the molecule is CCCC(CN1CCCCCC1)C(=O)OC. The number of carbonyl (C=O) groups is 1. The lowest BCUT2D eigenvalue weighted by molar-refractivity contribution is -0.146. The van der Waals surface area contributed by atoms with E-state index in [2.05, 4.69) is 11.8 Å². The van der Waals surface area contributed by atoms with E-state index in [1.807, 2.05) is 0 Å². The number of likely N-dealkylation sites (tertiary alicyclic amines) is 1. The predicted molar refractivity (Wildman–Crippen MR) is 65.3 cm³/mol. The molecule has 0 aromatic rings. The first-order valence-corrected chi connectivity index (χ1v) is 6.58. The van der Waals surface area contributed by atoms with Crippen molar-refractivity contribution in [2.75, 3.05) is 26.7 Å². The first kappa shape index (κ1) is 13.5. The molecule has 1 rings (SSSR count). The van der Waals surface area contributed by atoms with Crippen molar-refractivity contribution >= 4 is 5.97 Å². The summed E-state index contributed by atoms with van der Waals surface area (Å²) in [5.41, 5.74) is 0. The maximum absolute atomic E-state index is 11.6. The average molecular weight is 227 g/mol. The Morgan fingerprint density at radius 1 is 1.25 bits per heavy atom. The summed E-state index contributed by atoms with van der Waals surface area (Å²) < 4.78 is 4.87. The van der Waals surface area contributed by atoms with Crippen LogP contribution in [0.15, 0.2) is 0 Å². The fourth-order valence-corrected chi connectivity index (χ4v) is 2.43. The van der Waals surface area contributed by atoms with Gasteiger partial charge in [0.05, 0.1) is 13.0 Å². The number of ether oxygens (including phenoxy) is 1. The van der Waals surface area contributed by atoms with Crippen molar-refractivity contribution in [1.29, 1.82) is 0 Å². The molecule has 0 saturated carbocycles. The lowest BCUT2D eigenvalue weighted by atomic mass is 10.0. The number of carbonyl (C=O) groups excluding carboxylic acids is 1. The van der Waals surface area contributed by atoms with Gasteiger partial charge in [0.2, 0.25) is 0 Å². The van der Waals surface area contributed by atoms with Gasteiger partial charge >= 0.3 is 5.97 Å². The van der Waals surface area contributed by atoms with Crippen molar-refractivity contribution in [1.82, 2.24) is 4.90 Å². The molecule has 0 aromatic heterocycles. The minimum absolute atomic E-state index is 0.0360. The molecule has 1 saturated heterocycles. The molecule has 0 amide bonds. The topological polar surface area (TPSA) is 29.5 Å². The summed E-state index contributed by atoms with van der Waals surface area (Å²) >= 11 is 0. The molecule has 1 atom stereocenters. The molecule has 0 N–H and O–H groups in total. The van der Waals surface area contributed by atoms with Crippen LogP contribution in [-0.4, -0.2) is 37.6 Å². The van der Waals surface area contributed by atoms with Gasteiger partial charge in [-0.1, -0.05) is 26.2 Å². The van der Waals surface area contributed by atoms with Gasteiger partial charge in [-0.3, -0.25) is 4.79 Å². The summed E-state index contributed by atoms with van der Waals surface area (Å²) in [6.45, 7) is 5.31. The zero-order chi connectivity index (χ0) is 11.8. The van der Waals surface area contributed by atoms with Crippen LogP contribution in [0.1, 0.15) is 45.4 Å². The fourth-order valence-electron chi connectivity index (χ4n) is 2.43. The van der Waals surface area contributed by atoms with Crippen LogP contribution < -0.4 is 0 Å². The zero-order valence-electron chi connectivity index (χ0n) is 10.7. The van der Waals surface area contributed by atoms with Crippen molar-refractivity contribution < 1.29 is 9.53 Å². The van der Waals surface area contributed by atoms with E-state index in [1.165, 1.54) is 32.8 Å². The second-order valence-corrected chi connectivity index (χ2v) is 4.72. The summed E-state index contributed by atoms with van der Waals surface area (Å²) in [5, 5.41) is 0. The molecule has 16 heavy (non-hydrogen) atoms. The molecular weight excluding hydrogens is 202 g/mol. The normalized spacial score (nSPS) is 20.1. The number of rotatable bonds is 5. The average Bonchev–Trinajstić information content (AvgIpc) is 2.56. The summed E-state index contributed by atoms with van der Waals surface area (Å²) in [6.07, 6.45) is 7.23. The quantitative estimate of drug-likeness (QED) is 0.676. The van der Waals surface area contributed by atoms with Gasteiger partial charge in [-0.15, -0.1) is 0 Å². The summed E-state index contributed by atoms with van der Waals surface area (Å²) in [6, 6.07) is 0. The van der Waals surface area contributed by atoms with Crippen LogP contribution in [0.4, 0.5) is 0 Å². The van der Waals surface area contributed by atoms with Gasteiger partial charge in [0.15, 0.2) is 0 Å². The number of methoxy groups -OCH3 is 1. The number of hydrogen-bond donors (Lipinski definition) is 0. The molecule has 3 nitrogen and oxygen atoms in total. The molecule has 94 valence electrons. The van der Waals surface area contributed by atoms with Crippen molar-refractivity contribution in [2.24, 2.45) is 5.92 Å². The Balaban J connectivity index is 2.42. The molecule has 0 aromatic carbocycles. The van der Waals surface area contributed by atoms with E-state index >= 15 is 0 Å². The van der Waals surface area contributed by atoms with Crippen LogP contribution in [-0.2, 0) is 9.53 Å². The Morgan fingerprint density at radius 3 is 2.38 bits per heavy atom. The lowest BCUT2D eigenvalue weighted by Gasteiger charge is -2.24. The Hall–Kier alpha value is -0.570. The van der Waals surface area contributed by atoms with Gasteiger partial charge in [-0.2, -0.15) is 0 Å². The lowest BCUT2D eigenvalue weighted by Crippen LogP contribution is -2.34. The minimum atomic E-state index is -0.0360. The molecule has 0 bridgehead atoms. The van der Waals surface area contributed by atoms with E-state index in [-0.39, 0.29) is 11.9 Å². The van der Waals surface area contributed by atoms with Gasteiger partial charge in [-0.25, -0.2) is 0 Å². The van der Waals surface area contributed by atoms with Crippen LogP contribution in [0.5, 0.6) is 0 Å². The fraction of sp³-hybridized carbons (Fsp3) is 0.923. The molecular formula is C13H25NO2. The molecule has 0 spiro atoms. The monoisotopic (exact) mass is 227 g/mol. The highest BCUT2D eigenvalue weighted by molar-refractivity contribution is 5.72. The van der Waals surface area contributed by atoms with E-state index in [9.17, 15) is 4.79 Å². The minimum Gasteiger partial charge on any atom is -0.469 e. The molecule has 1 heterocycles. The van der Waals surface area contributed by atoms with Crippen LogP contribution in [0.2, 0.25) is 0 Å². The van der Waals surface area contributed by atoms with Gasteiger partial charge < -0.3 is 9.64 Å². The highest BCUT2D eigenvalue weighted by Gasteiger charge is 2.21. The highest BCUT2D eigenvalue weighted by atomic mass is 16.5. The molecule has 1 aliphatic heterocycles. The third-order valence-corrected chi connectivity index (χ3v) is 3.35. The van der Waals surface area contributed by atoms with Crippen LogP contribution >= 0.6 is 0 Å². The van der Waals surface area contributed by atoms with E-state index in [1.54, 1.807) is 0 Å². The second kappa shape index (κ2) is 7.66. The van der Waals surface area contributed by atoms with Gasteiger partial charge in [0.25, 0.3) is 0 Å². The first-order valence-electron chi connectivity index (χ1n) is 6.58. The third kappa shape index (κ3) is 4.52. The number of esters is 1. The maximum atomic E-state index is 11.6. The van der Waals surface area contributed by atoms with Crippen molar-refractivity contribution in [3.8, 4) is 0 Å². The first-order chi connectivity index (χ1) is 7.77. The second-order valence-electron chi connectivity index (χ2n) is 4.72. The molecule has 0 radical (unpaired) electrons. The van der Waals surface area contributed by atoms with E-state index in [0.29, 0.717) is 0 Å². The molecule has 1 fully saturated rings. The highest BCUT2D eigenvalue weighted by Crippen LogP contribution is 2.15. The Kier molecular flexibility index (Phi) is 6.46. The van der Waals surface area contributed by atoms with E-state index in [4.69, 9.17) is 4.74 Å². The van der Waals surface area contributed by atoms with E-state index in [0.717, 1.165) is 32.5 Å². The predicted octanol–water partition coefficient (Wildman–Crippen LogP) is 2.45. The Bertz CT molecular complexity index is 198. The van der Waals surface area contributed by atoms with E-state index < -0.39 is 0 Å².